The molecule has 6 heteroatoms. The van der Waals surface area contributed by atoms with Crippen molar-refractivity contribution in [2.75, 3.05) is 13.2 Å². The van der Waals surface area contributed by atoms with Crippen LogP contribution in [0.15, 0.2) is 0 Å². The molecule has 0 rings (SSSR count). The van der Waals surface area contributed by atoms with E-state index in [0.29, 0.717) is 19.3 Å². The molecule has 0 aliphatic rings. The molecule has 0 heterocycles. The standard InChI is InChI=1S/C64H124O6/c1-6-7-8-9-10-11-12-13-14-15-16-17-21-24-29-34-39-44-49-54-62(65)68-57-61(58-69-63(66)55-50-45-40-35-31-26-28-33-38-43-48-53-60(4)5)70-64(67)56-51-46-41-36-30-25-22-19-18-20-23-27-32-37-42-47-52-59(2)3/h59-61H,6-58H2,1-5H3/t61-/m1/s1. The summed E-state index contributed by atoms with van der Waals surface area (Å²) in [6, 6.07) is 0. The molecule has 0 aromatic heterocycles. The minimum atomic E-state index is -0.764. The third-order valence-corrected chi connectivity index (χ3v) is 14.7. The minimum Gasteiger partial charge on any atom is -0.462 e. The molecule has 0 aliphatic carbocycles. The van der Waals surface area contributed by atoms with Crippen LogP contribution in [0.25, 0.3) is 0 Å². The van der Waals surface area contributed by atoms with E-state index >= 15 is 0 Å². The Morgan fingerprint density at radius 1 is 0.271 bits per heavy atom. The summed E-state index contributed by atoms with van der Waals surface area (Å²) >= 11 is 0. The molecule has 0 saturated heterocycles. The van der Waals surface area contributed by atoms with Gasteiger partial charge >= 0.3 is 17.9 Å². The van der Waals surface area contributed by atoms with Crippen LogP contribution in [0.2, 0.25) is 0 Å². The molecule has 0 aliphatic heterocycles. The topological polar surface area (TPSA) is 78.9 Å². The molecule has 0 fully saturated rings. The Labute approximate surface area is 438 Å². The Kier molecular flexibility index (Phi) is 55.4. The molecule has 416 valence electrons. The maximum Gasteiger partial charge on any atom is 0.306 e. The maximum absolute atomic E-state index is 12.9. The van der Waals surface area contributed by atoms with E-state index in [1.165, 1.54) is 250 Å². The van der Waals surface area contributed by atoms with Crippen LogP contribution in [-0.4, -0.2) is 37.2 Å². The highest BCUT2D eigenvalue weighted by molar-refractivity contribution is 5.71. The Morgan fingerprint density at radius 3 is 0.700 bits per heavy atom. The summed E-state index contributed by atoms with van der Waals surface area (Å²) in [7, 11) is 0. The lowest BCUT2D eigenvalue weighted by molar-refractivity contribution is -0.167. The van der Waals surface area contributed by atoms with Gasteiger partial charge in [0.2, 0.25) is 0 Å². The number of unbranched alkanes of at least 4 members (excludes halogenated alkanes) is 43. The third-order valence-electron chi connectivity index (χ3n) is 14.7. The highest BCUT2D eigenvalue weighted by Crippen LogP contribution is 2.19. The Balaban J connectivity index is 4.27. The highest BCUT2D eigenvalue weighted by Gasteiger charge is 2.19. The largest absolute Gasteiger partial charge is 0.462 e. The number of hydrogen-bond donors (Lipinski definition) is 0. The van der Waals surface area contributed by atoms with Crippen molar-refractivity contribution in [1.82, 2.24) is 0 Å². The number of carbonyl (C=O) groups excluding carboxylic acids is 3. The lowest BCUT2D eigenvalue weighted by Crippen LogP contribution is -2.30. The molecule has 0 unspecified atom stereocenters. The summed E-state index contributed by atoms with van der Waals surface area (Å²) in [6.07, 6.45) is 62.5. The molecule has 70 heavy (non-hydrogen) atoms. The normalized spacial score (nSPS) is 12.0. The van der Waals surface area contributed by atoms with Crippen molar-refractivity contribution in [2.45, 2.75) is 368 Å². The van der Waals surface area contributed by atoms with Crippen LogP contribution in [0.1, 0.15) is 362 Å². The van der Waals surface area contributed by atoms with Crippen LogP contribution >= 0.6 is 0 Å². The molecule has 0 amide bonds. The van der Waals surface area contributed by atoms with Gasteiger partial charge in [-0.25, -0.2) is 0 Å². The number of carbonyl (C=O) groups is 3. The lowest BCUT2D eigenvalue weighted by Gasteiger charge is -2.18. The van der Waals surface area contributed by atoms with E-state index in [1.54, 1.807) is 0 Å². The molecule has 0 aromatic carbocycles. The lowest BCUT2D eigenvalue weighted by atomic mass is 10.0. The van der Waals surface area contributed by atoms with Gasteiger partial charge in [0, 0.05) is 19.3 Å². The van der Waals surface area contributed by atoms with Crippen LogP contribution in [0.4, 0.5) is 0 Å². The van der Waals surface area contributed by atoms with Gasteiger partial charge in [-0.15, -0.1) is 0 Å². The molecular formula is C64H124O6. The van der Waals surface area contributed by atoms with E-state index in [4.69, 9.17) is 14.2 Å². The van der Waals surface area contributed by atoms with Crippen molar-refractivity contribution in [1.29, 1.82) is 0 Å². The van der Waals surface area contributed by atoms with Crippen LogP contribution < -0.4 is 0 Å². The van der Waals surface area contributed by atoms with Crippen molar-refractivity contribution >= 4 is 17.9 Å². The summed E-state index contributed by atoms with van der Waals surface area (Å²) in [5.74, 6) is 0.846. The van der Waals surface area contributed by atoms with E-state index in [-0.39, 0.29) is 31.1 Å². The van der Waals surface area contributed by atoms with Gasteiger partial charge in [0.25, 0.3) is 0 Å². The van der Waals surface area contributed by atoms with Gasteiger partial charge in [0.05, 0.1) is 0 Å². The monoisotopic (exact) mass is 989 g/mol. The van der Waals surface area contributed by atoms with Crippen molar-refractivity contribution in [3.8, 4) is 0 Å². The first kappa shape index (κ1) is 68.4. The second-order valence-corrected chi connectivity index (χ2v) is 23.0. The fourth-order valence-corrected chi connectivity index (χ4v) is 9.93. The number of ether oxygens (including phenoxy) is 3. The number of hydrogen-bond acceptors (Lipinski definition) is 6. The van der Waals surface area contributed by atoms with Crippen molar-refractivity contribution in [2.24, 2.45) is 11.8 Å². The zero-order valence-corrected chi connectivity index (χ0v) is 48.2. The molecule has 0 radical (unpaired) electrons. The summed E-state index contributed by atoms with van der Waals surface area (Å²) in [5, 5.41) is 0. The van der Waals surface area contributed by atoms with Gasteiger partial charge in [0.1, 0.15) is 13.2 Å². The van der Waals surface area contributed by atoms with E-state index in [1.807, 2.05) is 0 Å². The Bertz CT molecular complexity index is 1070. The van der Waals surface area contributed by atoms with Crippen LogP contribution in [0.5, 0.6) is 0 Å². The van der Waals surface area contributed by atoms with E-state index in [2.05, 4.69) is 34.6 Å². The molecule has 0 bridgehead atoms. The second-order valence-electron chi connectivity index (χ2n) is 23.0. The predicted molar refractivity (Wildman–Crippen MR) is 303 cm³/mol. The predicted octanol–water partition coefficient (Wildman–Crippen LogP) is 21.2. The van der Waals surface area contributed by atoms with E-state index < -0.39 is 6.10 Å². The molecule has 0 saturated carbocycles. The van der Waals surface area contributed by atoms with Gasteiger partial charge < -0.3 is 14.2 Å². The zero-order chi connectivity index (χ0) is 51.1. The average Bonchev–Trinajstić information content (AvgIpc) is 3.33. The summed E-state index contributed by atoms with van der Waals surface area (Å²) in [4.78, 5) is 38.3. The zero-order valence-electron chi connectivity index (χ0n) is 48.2. The first-order valence-corrected chi connectivity index (χ1v) is 31.7. The molecule has 0 N–H and O–H groups in total. The Hall–Kier alpha value is -1.59. The van der Waals surface area contributed by atoms with E-state index in [9.17, 15) is 14.4 Å². The summed E-state index contributed by atoms with van der Waals surface area (Å²) in [6.45, 7) is 11.4. The fourth-order valence-electron chi connectivity index (χ4n) is 9.93. The minimum absolute atomic E-state index is 0.0620. The highest BCUT2D eigenvalue weighted by atomic mass is 16.6. The van der Waals surface area contributed by atoms with Gasteiger partial charge in [-0.2, -0.15) is 0 Å². The van der Waals surface area contributed by atoms with Gasteiger partial charge in [-0.3, -0.25) is 14.4 Å². The van der Waals surface area contributed by atoms with Crippen molar-refractivity contribution < 1.29 is 28.6 Å². The second kappa shape index (κ2) is 56.7. The molecular weight excluding hydrogens is 865 g/mol. The van der Waals surface area contributed by atoms with Gasteiger partial charge in [-0.05, 0) is 31.1 Å². The molecule has 0 spiro atoms. The smallest absolute Gasteiger partial charge is 0.306 e. The van der Waals surface area contributed by atoms with Gasteiger partial charge in [-0.1, -0.05) is 324 Å². The van der Waals surface area contributed by atoms with Crippen LogP contribution in [0, 0.1) is 11.8 Å². The van der Waals surface area contributed by atoms with Crippen LogP contribution in [0.3, 0.4) is 0 Å². The first-order valence-electron chi connectivity index (χ1n) is 31.7. The summed E-state index contributed by atoms with van der Waals surface area (Å²) < 4.78 is 17.0. The number of esters is 3. The first-order chi connectivity index (χ1) is 34.2. The quantitative estimate of drug-likeness (QED) is 0.0343. The maximum atomic E-state index is 12.9. The third kappa shape index (κ3) is 57.3. The number of rotatable bonds is 58. The molecule has 6 nitrogen and oxygen atoms in total. The molecule has 0 aromatic rings. The fraction of sp³-hybridized carbons (Fsp3) is 0.953. The average molecular weight is 990 g/mol. The van der Waals surface area contributed by atoms with Crippen LogP contribution in [-0.2, 0) is 28.6 Å². The SMILES string of the molecule is CCCCCCCCCCCCCCCCCCCCCC(=O)OC[C@H](COC(=O)CCCCCCCCCCCCCC(C)C)OC(=O)CCCCCCCCCCCCCCCCCCC(C)C. The molecule has 1 atom stereocenters. The van der Waals surface area contributed by atoms with E-state index in [0.717, 1.165) is 69.6 Å². The Morgan fingerprint density at radius 2 is 0.471 bits per heavy atom. The van der Waals surface area contributed by atoms with Crippen molar-refractivity contribution in [3.05, 3.63) is 0 Å². The van der Waals surface area contributed by atoms with Gasteiger partial charge in [0.15, 0.2) is 6.10 Å². The van der Waals surface area contributed by atoms with Crippen molar-refractivity contribution in [3.63, 3.8) is 0 Å². The summed E-state index contributed by atoms with van der Waals surface area (Å²) in [5.41, 5.74) is 0.